The van der Waals surface area contributed by atoms with Crippen LogP contribution in [0.3, 0.4) is 0 Å². The first-order valence-corrected chi connectivity index (χ1v) is 5.92. The summed E-state index contributed by atoms with van der Waals surface area (Å²) in [5.41, 5.74) is 6.64. The van der Waals surface area contributed by atoms with E-state index in [9.17, 15) is 9.18 Å². The van der Waals surface area contributed by atoms with E-state index in [1.54, 1.807) is 4.90 Å². The van der Waals surface area contributed by atoms with E-state index < -0.39 is 0 Å². The maximum atomic E-state index is 12.8. The summed E-state index contributed by atoms with van der Waals surface area (Å²) in [6, 6.07) is 5.63. The molecule has 0 saturated carbocycles. The molecule has 3 rings (SSSR count). The third-order valence-electron chi connectivity index (χ3n) is 3.12. The summed E-state index contributed by atoms with van der Waals surface area (Å²) < 4.78 is 18.1. The van der Waals surface area contributed by atoms with E-state index in [1.165, 1.54) is 24.3 Å². The summed E-state index contributed by atoms with van der Waals surface area (Å²) in [7, 11) is 0. The molecule has 0 aliphatic carbocycles. The molecule has 6 heteroatoms. The molecule has 0 unspecified atom stereocenters. The van der Waals surface area contributed by atoms with Crippen molar-refractivity contribution in [2.45, 2.75) is 13.0 Å². The van der Waals surface area contributed by atoms with Crippen LogP contribution in [0.15, 0.2) is 28.7 Å². The first kappa shape index (κ1) is 11.7. The van der Waals surface area contributed by atoms with E-state index in [1.807, 2.05) is 0 Å². The second-order valence-corrected chi connectivity index (χ2v) is 4.41. The Kier molecular flexibility index (Phi) is 2.70. The Morgan fingerprint density at radius 2 is 2.11 bits per heavy atom. The van der Waals surface area contributed by atoms with Gasteiger partial charge in [-0.15, -0.1) is 0 Å². The Balaban J connectivity index is 1.81. The highest BCUT2D eigenvalue weighted by Gasteiger charge is 2.25. The third-order valence-corrected chi connectivity index (χ3v) is 3.12. The minimum atomic E-state index is -0.359. The maximum absolute atomic E-state index is 12.8. The van der Waals surface area contributed by atoms with Gasteiger partial charge < -0.3 is 15.1 Å². The van der Waals surface area contributed by atoms with Gasteiger partial charge >= 0.3 is 0 Å². The van der Waals surface area contributed by atoms with E-state index in [4.69, 9.17) is 10.2 Å². The molecule has 1 aliphatic rings. The fourth-order valence-corrected chi connectivity index (χ4v) is 2.17. The second-order valence-electron chi connectivity index (χ2n) is 4.41. The number of hydrogen-bond acceptors (Lipinski definition) is 4. The zero-order valence-electron chi connectivity index (χ0n) is 10.1. The first-order chi connectivity index (χ1) is 9.13. The van der Waals surface area contributed by atoms with Crippen molar-refractivity contribution in [3.05, 3.63) is 47.1 Å². The molecule has 0 bridgehead atoms. The van der Waals surface area contributed by atoms with Crippen molar-refractivity contribution >= 4 is 11.9 Å². The molecule has 1 aromatic heterocycles. The van der Waals surface area contributed by atoms with Gasteiger partial charge in [-0.2, -0.15) is 4.98 Å². The van der Waals surface area contributed by atoms with Crippen LogP contribution in [-0.2, 0) is 13.0 Å². The maximum Gasteiger partial charge on any atom is 0.292 e. The normalized spacial score (nSPS) is 14.3. The number of fused-ring (bicyclic) bond motifs is 1. The summed E-state index contributed by atoms with van der Waals surface area (Å²) in [5.74, 6) is 0.231. The number of nitrogens with two attached hydrogens (primary N) is 1. The number of nitrogens with zero attached hydrogens (tertiary/aromatic N) is 2. The summed E-state index contributed by atoms with van der Waals surface area (Å²) in [6.07, 6.45) is 0.590. The first-order valence-electron chi connectivity index (χ1n) is 5.92. The van der Waals surface area contributed by atoms with Crippen LogP contribution in [0.2, 0.25) is 0 Å². The predicted octanol–water partition coefficient (Wildman–Crippen LogP) is 1.59. The monoisotopic (exact) mass is 261 g/mol. The number of rotatable bonds is 1. The average molecular weight is 261 g/mol. The summed E-state index contributed by atoms with van der Waals surface area (Å²) in [5, 5.41) is 0. The standard InChI is InChI=1S/C13H12FN3O2/c14-9-3-1-8(2-4-9)12(18)17-6-5-11-10(7-17)16-13(15)19-11/h1-4H,5-7H2,(H2,15,16). The number of carbonyl (C=O) groups excluding carboxylic acids is 1. The predicted molar refractivity (Wildman–Crippen MR) is 65.8 cm³/mol. The molecule has 2 aromatic rings. The Bertz CT molecular complexity index is 621. The van der Waals surface area contributed by atoms with Crippen molar-refractivity contribution in [3.8, 4) is 0 Å². The lowest BCUT2D eigenvalue weighted by atomic mass is 10.1. The smallest absolute Gasteiger partial charge is 0.292 e. The summed E-state index contributed by atoms with van der Waals surface area (Å²) in [4.78, 5) is 17.9. The van der Waals surface area contributed by atoms with Gasteiger partial charge in [-0.05, 0) is 24.3 Å². The van der Waals surface area contributed by atoms with Gasteiger partial charge in [0.25, 0.3) is 11.9 Å². The van der Waals surface area contributed by atoms with Crippen LogP contribution >= 0.6 is 0 Å². The molecule has 0 saturated heterocycles. The number of halogens is 1. The van der Waals surface area contributed by atoms with Crippen molar-refractivity contribution < 1.29 is 13.6 Å². The zero-order valence-corrected chi connectivity index (χ0v) is 10.1. The van der Waals surface area contributed by atoms with Gasteiger partial charge in [-0.3, -0.25) is 4.79 Å². The van der Waals surface area contributed by atoms with E-state index in [2.05, 4.69) is 4.98 Å². The number of aromatic nitrogens is 1. The zero-order chi connectivity index (χ0) is 13.4. The number of anilines is 1. The fourth-order valence-electron chi connectivity index (χ4n) is 2.17. The van der Waals surface area contributed by atoms with Gasteiger partial charge in [0.15, 0.2) is 0 Å². The molecule has 2 heterocycles. The molecule has 0 radical (unpaired) electrons. The molecule has 0 spiro atoms. The number of nitrogen functional groups attached to an aromatic ring is 1. The molecular weight excluding hydrogens is 249 g/mol. The van der Waals surface area contributed by atoms with Crippen molar-refractivity contribution in [2.24, 2.45) is 0 Å². The number of amides is 1. The number of oxazole rings is 1. The Labute approximate surface area is 108 Å². The lowest BCUT2D eigenvalue weighted by Gasteiger charge is -2.25. The largest absolute Gasteiger partial charge is 0.428 e. The lowest BCUT2D eigenvalue weighted by Crippen LogP contribution is -2.35. The van der Waals surface area contributed by atoms with Crippen molar-refractivity contribution in [1.82, 2.24) is 9.88 Å². The number of benzene rings is 1. The summed E-state index contributed by atoms with van der Waals surface area (Å²) >= 11 is 0. The topological polar surface area (TPSA) is 72.4 Å². The average Bonchev–Trinajstić information content (AvgIpc) is 2.77. The van der Waals surface area contributed by atoms with Crippen LogP contribution in [0.4, 0.5) is 10.4 Å². The van der Waals surface area contributed by atoms with Crippen LogP contribution in [0.25, 0.3) is 0 Å². The van der Waals surface area contributed by atoms with Gasteiger partial charge in [0.05, 0.1) is 6.54 Å². The van der Waals surface area contributed by atoms with E-state index in [0.29, 0.717) is 30.8 Å². The van der Waals surface area contributed by atoms with Crippen LogP contribution in [0.1, 0.15) is 21.8 Å². The van der Waals surface area contributed by atoms with Gasteiger partial charge in [0.2, 0.25) is 0 Å². The highest BCUT2D eigenvalue weighted by atomic mass is 19.1. The third kappa shape index (κ3) is 2.16. The van der Waals surface area contributed by atoms with E-state index >= 15 is 0 Å². The molecule has 5 nitrogen and oxygen atoms in total. The van der Waals surface area contributed by atoms with Gasteiger partial charge in [0, 0.05) is 18.5 Å². The Morgan fingerprint density at radius 3 is 2.84 bits per heavy atom. The van der Waals surface area contributed by atoms with Crippen molar-refractivity contribution in [2.75, 3.05) is 12.3 Å². The van der Waals surface area contributed by atoms with Crippen molar-refractivity contribution in [3.63, 3.8) is 0 Å². The number of carbonyl (C=O) groups is 1. The summed E-state index contributed by atoms with van der Waals surface area (Å²) in [6.45, 7) is 0.907. The molecule has 98 valence electrons. The molecular formula is C13H12FN3O2. The quantitative estimate of drug-likeness (QED) is 0.846. The van der Waals surface area contributed by atoms with Gasteiger partial charge in [-0.1, -0.05) is 0 Å². The highest BCUT2D eigenvalue weighted by molar-refractivity contribution is 5.94. The van der Waals surface area contributed by atoms with Crippen LogP contribution < -0.4 is 5.73 Å². The molecule has 0 atom stereocenters. The Morgan fingerprint density at radius 1 is 1.37 bits per heavy atom. The molecule has 1 aliphatic heterocycles. The molecule has 1 amide bonds. The van der Waals surface area contributed by atoms with Crippen molar-refractivity contribution in [1.29, 1.82) is 0 Å². The SMILES string of the molecule is Nc1nc2c(o1)CCN(C(=O)c1ccc(F)cc1)C2. The minimum absolute atomic E-state index is 0.126. The minimum Gasteiger partial charge on any atom is -0.428 e. The molecule has 19 heavy (non-hydrogen) atoms. The molecule has 0 fully saturated rings. The van der Waals surface area contributed by atoms with Crippen LogP contribution in [0, 0.1) is 5.82 Å². The lowest BCUT2D eigenvalue weighted by molar-refractivity contribution is 0.0728. The molecule has 1 aromatic carbocycles. The van der Waals surface area contributed by atoms with E-state index in [-0.39, 0.29) is 17.7 Å². The molecule has 2 N–H and O–H groups in total. The highest BCUT2D eigenvalue weighted by Crippen LogP contribution is 2.22. The van der Waals surface area contributed by atoms with Crippen LogP contribution in [-0.4, -0.2) is 22.3 Å². The van der Waals surface area contributed by atoms with Gasteiger partial charge in [-0.25, -0.2) is 4.39 Å². The van der Waals surface area contributed by atoms with Gasteiger partial charge in [0.1, 0.15) is 17.3 Å². The fraction of sp³-hybridized carbons (Fsp3) is 0.231. The van der Waals surface area contributed by atoms with Crippen LogP contribution in [0.5, 0.6) is 0 Å². The Hall–Kier alpha value is -2.37. The van der Waals surface area contributed by atoms with E-state index in [0.717, 1.165) is 5.76 Å². The second kappa shape index (κ2) is 4.38. The number of hydrogen-bond donors (Lipinski definition) is 1.